The minimum absolute atomic E-state index is 0.176. The van der Waals surface area contributed by atoms with Crippen LogP contribution in [0.4, 0.5) is 13.2 Å². The fourth-order valence-corrected chi connectivity index (χ4v) is 3.63. The molecule has 25 heavy (non-hydrogen) atoms. The minimum atomic E-state index is -4.54. The number of hydrogen-bond donors (Lipinski definition) is 1. The summed E-state index contributed by atoms with van der Waals surface area (Å²) in [7, 11) is 0. The largest absolute Gasteiger partial charge is 0.417 e. The molecule has 1 N–H and O–H groups in total. The monoisotopic (exact) mass is 385 g/mol. The van der Waals surface area contributed by atoms with Gasteiger partial charge in [-0.2, -0.15) is 13.2 Å². The summed E-state index contributed by atoms with van der Waals surface area (Å²) in [5.74, 6) is -0.192. The van der Waals surface area contributed by atoms with Crippen LogP contribution in [0.15, 0.2) is 53.4 Å². The average Bonchev–Trinajstić information content (AvgIpc) is 3.37. The number of nitrogens with one attached hydrogen (secondary N) is 1. The van der Waals surface area contributed by atoms with Crippen molar-refractivity contribution in [3.8, 4) is 0 Å². The summed E-state index contributed by atoms with van der Waals surface area (Å²) in [6, 6.07) is 12.9. The first-order valence-corrected chi connectivity index (χ1v) is 8.99. The Labute approximate surface area is 152 Å². The molecule has 132 valence electrons. The Hall–Kier alpha value is -1.66. The molecule has 3 rings (SSSR count). The molecule has 1 aliphatic rings. The summed E-state index contributed by atoms with van der Waals surface area (Å²) in [5.41, 5.74) is -0.150. The van der Waals surface area contributed by atoms with E-state index in [-0.39, 0.29) is 17.0 Å². The van der Waals surface area contributed by atoms with E-state index in [9.17, 15) is 18.0 Å². The van der Waals surface area contributed by atoms with Gasteiger partial charge in [-0.25, -0.2) is 0 Å². The van der Waals surface area contributed by atoms with Crippen LogP contribution in [0.5, 0.6) is 0 Å². The fourth-order valence-electron chi connectivity index (χ4n) is 2.34. The molecule has 1 fully saturated rings. The Morgan fingerprint density at radius 3 is 2.44 bits per heavy atom. The van der Waals surface area contributed by atoms with Crippen LogP contribution in [0.1, 0.15) is 29.2 Å². The molecule has 0 spiro atoms. The lowest BCUT2D eigenvalue weighted by atomic mass is 10.1. The summed E-state index contributed by atoms with van der Waals surface area (Å²) in [4.78, 5) is 12.9. The van der Waals surface area contributed by atoms with Crippen molar-refractivity contribution in [1.29, 1.82) is 0 Å². The maximum absolute atomic E-state index is 13.1. The van der Waals surface area contributed by atoms with E-state index in [2.05, 4.69) is 5.32 Å². The Bertz CT molecular complexity index is 763. The zero-order valence-corrected chi connectivity index (χ0v) is 14.6. The average molecular weight is 386 g/mol. The molecule has 1 aliphatic carbocycles. The van der Waals surface area contributed by atoms with Gasteiger partial charge in [-0.3, -0.25) is 4.79 Å². The van der Waals surface area contributed by atoms with E-state index in [0.29, 0.717) is 4.90 Å². The SMILES string of the molecule is O=C(NC1CC1)[C@@H](Sc1ccc(Cl)c(C(F)(F)F)c1)c1ccccc1. The molecule has 0 aromatic heterocycles. The van der Waals surface area contributed by atoms with Crippen molar-refractivity contribution >= 4 is 29.3 Å². The first-order chi connectivity index (χ1) is 11.8. The molecule has 0 aliphatic heterocycles. The molecule has 0 unspecified atom stereocenters. The van der Waals surface area contributed by atoms with Crippen molar-refractivity contribution in [3.63, 3.8) is 0 Å². The lowest BCUT2D eigenvalue weighted by molar-refractivity contribution is -0.137. The van der Waals surface area contributed by atoms with Gasteiger partial charge < -0.3 is 5.32 Å². The van der Waals surface area contributed by atoms with Crippen LogP contribution in [0.2, 0.25) is 5.02 Å². The zero-order valence-electron chi connectivity index (χ0n) is 13.0. The fraction of sp³-hybridized carbons (Fsp3) is 0.278. The van der Waals surface area contributed by atoms with Crippen LogP contribution >= 0.6 is 23.4 Å². The van der Waals surface area contributed by atoms with Crippen molar-refractivity contribution < 1.29 is 18.0 Å². The maximum atomic E-state index is 13.1. The molecular formula is C18H15ClF3NOS. The van der Waals surface area contributed by atoms with Gasteiger partial charge in [0.15, 0.2) is 0 Å². The number of amides is 1. The van der Waals surface area contributed by atoms with Gasteiger partial charge in [0, 0.05) is 10.9 Å². The zero-order chi connectivity index (χ0) is 18.0. The van der Waals surface area contributed by atoms with Gasteiger partial charge in [0.2, 0.25) is 5.91 Å². The summed E-state index contributed by atoms with van der Waals surface area (Å²) in [6.45, 7) is 0. The maximum Gasteiger partial charge on any atom is 0.417 e. The highest BCUT2D eigenvalue weighted by Crippen LogP contribution is 2.41. The van der Waals surface area contributed by atoms with Crippen molar-refractivity contribution in [1.82, 2.24) is 5.32 Å². The first-order valence-electron chi connectivity index (χ1n) is 7.73. The highest BCUT2D eigenvalue weighted by molar-refractivity contribution is 8.00. The Morgan fingerprint density at radius 1 is 1.16 bits per heavy atom. The number of rotatable bonds is 5. The Balaban J connectivity index is 1.88. The van der Waals surface area contributed by atoms with E-state index in [4.69, 9.17) is 11.6 Å². The summed E-state index contributed by atoms with van der Waals surface area (Å²) >= 11 is 6.75. The number of carbonyl (C=O) groups is 1. The molecule has 1 atom stereocenters. The van der Waals surface area contributed by atoms with Gasteiger partial charge in [-0.15, -0.1) is 11.8 Å². The van der Waals surface area contributed by atoms with E-state index in [0.717, 1.165) is 36.2 Å². The Morgan fingerprint density at radius 2 is 1.84 bits per heavy atom. The second-order valence-corrected chi connectivity index (χ2v) is 7.42. The van der Waals surface area contributed by atoms with Gasteiger partial charge in [0.1, 0.15) is 5.25 Å². The molecule has 2 aromatic carbocycles. The lowest BCUT2D eigenvalue weighted by Crippen LogP contribution is -2.29. The standard InChI is InChI=1S/C18H15ClF3NOS/c19-15-9-8-13(10-14(15)18(20,21)22)25-16(11-4-2-1-3-5-11)17(24)23-12-6-7-12/h1-5,8-10,12,16H,6-7H2,(H,23,24)/t16-/m0/s1. The van der Waals surface area contributed by atoms with Crippen molar-refractivity contribution in [2.75, 3.05) is 0 Å². The minimum Gasteiger partial charge on any atom is -0.352 e. The van der Waals surface area contributed by atoms with Crippen LogP contribution in [-0.4, -0.2) is 11.9 Å². The second-order valence-electron chi connectivity index (χ2n) is 5.83. The summed E-state index contributed by atoms with van der Waals surface area (Å²) < 4.78 is 39.2. The molecule has 0 radical (unpaired) electrons. The predicted octanol–water partition coefficient (Wildman–Crippen LogP) is 5.47. The van der Waals surface area contributed by atoms with Crippen molar-refractivity contribution in [3.05, 3.63) is 64.7 Å². The van der Waals surface area contributed by atoms with Gasteiger partial charge >= 0.3 is 6.18 Å². The third kappa shape index (κ3) is 4.70. The van der Waals surface area contributed by atoms with Crippen LogP contribution in [-0.2, 0) is 11.0 Å². The smallest absolute Gasteiger partial charge is 0.352 e. The predicted molar refractivity (Wildman–Crippen MR) is 92.7 cm³/mol. The van der Waals surface area contributed by atoms with E-state index in [1.54, 1.807) is 24.3 Å². The van der Waals surface area contributed by atoms with Gasteiger partial charge in [-0.1, -0.05) is 41.9 Å². The molecule has 7 heteroatoms. The number of benzene rings is 2. The van der Waals surface area contributed by atoms with Gasteiger partial charge in [-0.05, 0) is 36.6 Å². The molecule has 1 amide bonds. The summed E-state index contributed by atoms with van der Waals surface area (Å²) in [6.07, 6.45) is -2.65. The number of alkyl halides is 3. The topological polar surface area (TPSA) is 29.1 Å². The van der Waals surface area contributed by atoms with E-state index in [1.807, 2.05) is 6.07 Å². The van der Waals surface area contributed by atoms with Gasteiger partial charge in [0.25, 0.3) is 0 Å². The lowest BCUT2D eigenvalue weighted by Gasteiger charge is -2.18. The molecular weight excluding hydrogens is 371 g/mol. The van der Waals surface area contributed by atoms with E-state index in [1.165, 1.54) is 12.1 Å². The third-order valence-electron chi connectivity index (χ3n) is 3.76. The van der Waals surface area contributed by atoms with Crippen LogP contribution in [0, 0.1) is 0 Å². The highest BCUT2D eigenvalue weighted by Gasteiger charge is 2.34. The van der Waals surface area contributed by atoms with E-state index < -0.39 is 17.0 Å². The molecule has 2 aromatic rings. The van der Waals surface area contributed by atoms with Crippen LogP contribution < -0.4 is 5.32 Å². The first kappa shape index (κ1) is 18.1. The van der Waals surface area contributed by atoms with Crippen LogP contribution in [0.3, 0.4) is 0 Å². The Kier molecular flexibility index (Phi) is 5.29. The number of carbonyl (C=O) groups excluding carboxylic acids is 1. The van der Waals surface area contributed by atoms with Crippen molar-refractivity contribution in [2.45, 2.75) is 35.2 Å². The molecule has 0 bridgehead atoms. The van der Waals surface area contributed by atoms with E-state index >= 15 is 0 Å². The molecule has 1 saturated carbocycles. The molecule has 2 nitrogen and oxygen atoms in total. The summed E-state index contributed by atoms with van der Waals surface area (Å²) in [5, 5.41) is 1.95. The molecule has 0 saturated heterocycles. The number of thioether (sulfide) groups is 1. The van der Waals surface area contributed by atoms with Gasteiger partial charge in [0.05, 0.1) is 10.6 Å². The molecule has 0 heterocycles. The number of halogens is 4. The quantitative estimate of drug-likeness (QED) is 0.691. The number of hydrogen-bond acceptors (Lipinski definition) is 2. The van der Waals surface area contributed by atoms with Crippen LogP contribution in [0.25, 0.3) is 0 Å². The highest BCUT2D eigenvalue weighted by atomic mass is 35.5. The third-order valence-corrected chi connectivity index (χ3v) is 5.34. The normalized spacial score (nSPS) is 15.7. The second kappa shape index (κ2) is 7.30. The van der Waals surface area contributed by atoms with Crippen molar-refractivity contribution in [2.24, 2.45) is 0 Å².